The summed E-state index contributed by atoms with van der Waals surface area (Å²) in [4.78, 5) is 48.1. The van der Waals surface area contributed by atoms with Gasteiger partial charge in [0.15, 0.2) is 0 Å². The summed E-state index contributed by atoms with van der Waals surface area (Å²) >= 11 is 0. The predicted octanol–water partition coefficient (Wildman–Crippen LogP) is -0.327. The second-order valence-electron chi connectivity index (χ2n) is 4.40. The van der Waals surface area contributed by atoms with Gasteiger partial charge in [-0.25, -0.2) is 0 Å². The first kappa shape index (κ1) is 11.8. The summed E-state index contributed by atoms with van der Waals surface area (Å²) in [6.07, 6.45) is 0.914. The third kappa shape index (κ3) is 2.07. The highest BCUT2D eigenvalue weighted by Gasteiger charge is 2.37. The summed E-state index contributed by atoms with van der Waals surface area (Å²) in [6, 6.07) is -0.427. The average Bonchev–Trinajstić information content (AvgIpc) is 2.75. The van der Waals surface area contributed by atoms with E-state index in [1.807, 2.05) is 0 Å². The molecule has 1 unspecified atom stereocenters. The van der Waals surface area contributed by atoms with Crippen molar-refractivity contribution in [3.63, 3.8) is 0 Å². The molecule has 6 heteroatoms. The normalized spacial score (nSPS) is 22.9. The molecule has 0 bridgehead atoms. The van der Waals surface area contributed by atoms with Crippen LogP contribution in [0.3, 0.4) is 0 Å². The summed E-state index contributed by atoms with van der Waals surface area (Å²) in [7, 11) is 0. The van der Waals surface area contributed by atoms with E-state index in [2.05, 4.69) is 0 Å². The number of likely N-dealkylation sites (tertiary alicyclic amines) is 2. The number of amides is 4. The highest BCUT2D eigenvalue weighted by atomic mass is 16.2. The second-order valence-corrected chi connectivity index (χ2v) is 4.40. The topological polar surface area (TPSA) is 74.8 Å². The van der Waals surface area contributed by atoms with E-state index in [0.29, 0.717) is 0 Å². The lowest BCUT2D eigenvalue weighted by Gasteiger charge is -2.26. The molecule has 1 atom stereocenters. The highest BCUT2D eigenvalue weighted by molar-refractivity contribution is 6.03. The molecule has 0 aromatic heterocycles. The summed E-state index contributed by atoms with van der Waals surface area (Å²) < 4.78 is 0. The van der Waals surface area contributed by atoms with E-state index in [0.717, 1.165) is 4.90 Å². The molecule has 2 fully saturated rings. The van der Waals surface area contributed by atoms with Gasteiger partial charge in [-0.15, -0.1) is 0 Å². The molecule has 6 nitrogen and oxygen atoms in total. The molecule has 0 aromatic carbocycles. The first-order chi connectivity index (χ1) is 8.00. The zero-order valence-electron chi connectivity index (χ0n) is 9.64. The fourth-order valence-corrected chi connectivity index (χ4v) is 2.26. The van der Waals surface area contributed by atoms with Crippen molar-refractivity contribution in [1.82, 2.24) is 9.80 Å². The Labute approximate surface area is 98.5 Å². The number of carbonyl (C=O) groups is 4. The molecule has 2 heterocycles. The van der Waals surface area contributed by atoms with Crippen LogP contribution in [0.15, 0.2) is 0 Å². The van der Waals surface area contributed by atoms with Crippen LogP contribution in [0.25, 0.3) is 0 Å². The molecule has 0 spiro atoms. The number of hydrogen-bond acceptors (Lipinski definition) is 4. The molecule has 17 heavy (non-hydrogen) atoms. The minimum Gasteiger partial charge on any atom is -0.281 e. The van der Waals surface area contributed by atoms with Gasteiger partial charge in [0.1, 0.15) is 0 Å². The van der Waals surface area contributed by atoms with Gasteiger partial charge < -0.3 is 0 Å². The Bertz CT molecular complexity index is 372. The minimum absolute atomic E-state index is 0.120. The number of hydrogen-bond donors (Lipinski definition) is 0. The molecule has 0 radical (unpaired) electrons. The molecule has 0 aliphatic carbocycles. The van der Waals surface area contributed by atoms with Crippen molar-refractivity contribution in [3.8, 4) is 0 Å². The van der Waals surface area contributed by atoms with Crippen LogP contribution < -0.4 is 0 Å². The fraction of sp³-hybridized carbons (Fsp3) is 0.636. The van der Waals surface area contributed by atoms with Gasteiger partial charge in [0.25, 0.3) is 0 Å². The smallest absolute Gasteiger partial charge is 0.229 e. The van der Waals surface area contributed by atoms with Gasteiger partial charge in [-0.3, -0.25) is 29.0 Å². The van der Waals surface area contributed by atoms with Crippen LogP contribution in [-0.4, -0.2) is 46.0 Å². The van der Waals surface area contributed by atoms with Crippen LogP contribution >= 0.6 is 0 Å². The molecular weight excluding hydrogens is 224 g/mol. The standard InChI is InChI=1S/C11H14N2O4/c1-7(13-10(16)4-5-11(13)17)6-12-8(14)2-3-9(12)15/h7H,2-6H2,1H3. The van der Waals surface area contributed by atoms with E-state index < -0.39 is 6.04 Å². The van der Waals surface area contributed by atoms with Crippen LogP contribution in [0.1, 0.15) is 32.6 Å². The van der Waals surface area contributed by atoms with E-state index >= 15 is 0 Å². The van der Waals surface area contributed by atoms with E-state index in [-0.39, 0.29) is 55.9 Å². The Morgan fingerprint density at radius 1 is 0.882 bits per heavy atom. The Morgan fingerprint density at radius 2 is 1.29 bits per heavy atom. The van der Waals surface area contributed by atoms with Gasteiger partial charge in [-0.1, -0.05) is 0 Å². The van der Waals surface area contributed by atoms with Gasteiger partial charge in [-0.05, 0) is 6.92 Å². The number of carbonyl (C=O) groups excluding carboxylic acids is 4. The molecule has 0 N–H and O–H groups in total. The molecule has 4 amide bonds. The van der Waals surface area contributed by atoms with Crippen molar-refractivity contribution in [1.29, 1.82) is 0 Å². The maximum atomic E-state index is 11.5. The fourth-order valence-electron chi connectivity index (χ4n) is 2.26. The van der Waals surface area contributed by atoms with Crippen molar-refractivity contribution in [2.75, 3.05) is 6.54 Å². The first-order valence-electron chi connectivity index (χ1n) is 5.69. The van der Waals surface area contributed by atoms with Gasteiger partial charge in [0.05, 0.1) is 6.04 Å². The van der Waals surface area contributed by atoms with Gasteiger partial charge >= 0.3 is 0 Å². The van der Waals surface area contributed by atoms with Crippen LogP contribution in [0.2, 0.25) is 0 Å². The zero-order chi connectivity index (χ0) is 12.6. The lowest BCUT2D eigenvalue weighted by molar-refractivity contribution is -0.146. The Hall–Kier alpha value is -1.72. The predicted molar refractivity (Wildman–Crippen MR) is 56.5 cm³/mol. The monoisotopic (exact) mass is 238 g/mol. The molecule has 0 aromatic rings. The van der Waals surface area contributed by atoms with Crippen LogP contribution in [0, 0.1) is 0 Å². The average molecular weight is 238 g/mol. The van der Waals surface area contributed by atoms with Crippen LogP contribution in [0.4, 0.5) is 0 Å². The molecule has 2 aliphatic heterocycles. The van der Waals surface area contributed by atoms with E-state index in [4.69, 9.17) is 0 Å². The van der Waals surface area contributed by atoms with Crippen molar-refractivity contribution >= 4 is 23.6 Å². The summed E-state index contributed by atoms with van der Waals surface area (Å²) in [5, 5.41) is 0. The lowest BCUT2D eigenvalue weighted by atomic mass is 10.2. The SMILES string of the molecule is CC(CN1C(=O)CCC1=O)N1C(=O)CCC1=O. The molecule has 92 valence electrons. The van der Waals surface area contributed by atoms with E-state index in [1.54, 1.807) is 6.92 Å². The summed E-state index contributed by atoms with van der Waals surface area (Å²) in [5.41, 5.74) is 0. The van der Waals surface area contributed by atoms with Crippen molar-refractivity contribution < 1.29 is 19.2 Å². The Morgan fingerprint density at radius 3 is 1.76 bits per heavy atom. The quantitative estimate of drug-likeness (QED) is 0.631. The van der Waals surface area contributed by atoms with Crippen molar-refractivity contribution in [2.24, 2.45) is 0 Å². The van der Waals surface area contributed by atoms with E-state index in [9.17, 15) is 19.2 Å². The molecule has 2 aliphatic rings. The second kappa shape index (κ2) is 4.27. The van der Waals surface area contributed by atoms with Crippen molar-refractivity contribution in [2.45, 2.75) is 38.6 Å². The van der Waals surface area contributed by atoms with Gasteiger partial charge in [-0.2, -0.15) is 0 Å². The van der Waals surface area contributed by atoms with Gasteiger partial charge in [0.2, 0.25) is 23.6 Å². The minimum atomic E-state index is -0.427. The third-order valence-electron chi connectivity index (χ3n) is 3.13. The van der Waals surface area contributed by atoms with Crippen LogP contribution in [-0.2, 0) is 19.2 Å². The maximum absolute atomic E-state index is 11.5. The summed E-state index contributed by atoms with van der Waals surface area (Å²) in [5.74, 6) is -0.884. The largest absolute Gasteiger partial charge is 0.281 e. The van der Waals surface area contributed by atoms with Gasteiger partial charge in [0, 0.05) is 32.2 Å². The number of rotatable bonds is 3. The molecular formula is C11H14N2O4. The van der Waals surface area contributed by atoms with Crippen LogP contribution in [0.5, 0.6) is 0 Å². The summed E-state index contributed by atoms with van der Waals surface area (Å²) in [6.45, 7) is 1.80. The zero-order valence-corrected chi connectivity index (χ0v) is 9.64. The molecule has 0 saturated carbocycles. The van der Waals surface area contributed by atoms with E-state index in [1.165, 1.54) is 4.90 Å². The molecule has 2 rings (SSSR count). The number of nitrogens with zero attached hydrogens (tertiary/aromatic N) is 2. The Kier molecular flexibility index (Phi) is 2.95. The third-order valence-corrected chi connectivity index (χ3v) is 3.13. The lowest BCUT2D eigenvalue weighted by Crippen LogP contribution is -2.46. The molecule has 2 saturated heterocycles. The number of imide groups is 2. The highest BCUT2D eigenvalue weighted by Crippen LogP contribution is 2.18. The Balaban J connectivity index is 2.03. The maximum Gasteiger partial charge on any atom is 0.229 e. The van der Waals surface area contributed by atoms with Crippen molar-refractivity contribution in [3.05, 3.63) is 0 Å². The first-order valence-corrected chi connectivity index (χ1v) is 5.69.